The Balaban J connectivity index is 1.83. The molecule has 0 saturated carbocycles. The van der Waals surface area contributed by atoms with Gasteiger partial charge < -0.3 is 10.1 Å². The first-order valence-corrected chi connectivity index (χ1v) is 6.22. The lowest BCUT2D eigenvalue weighted by Crippen LogP contribution is -2.17. The lowest BCUT2D eigenvalue weighted by molar-refractivity contribution is 0.383. The van der Waals surface area contributed by atoms with Crippen LogP contribution in [0.4, 0.5) is 4.39 Å². The summed E-state index contributed by atoms with van der Waals surface area (Å²) in [6.07, 6.45) is 4.47. The summed E-state index contributed by atoms with van der Waals surface area (Å²) < 4.78 is 18.8. The van der Waals surface area contributed by atoms with E-state index < -0.39 is 0 Å². The van der Waals surface area contributed by atoms with Crippen LogP contribution in [0, 0.1) is 5.82 Å². The number of nitrogens with zero attached hydrogens (tertiary/aromatic N) is 1. The van der Waals surface area contributed by atoms with Crippen molar-refractivity contribution in [3.63, 3.8) is 0 Å². The maximum atomic E-state index is 13.8. The van der Waals surface area contributed by atoms with Crippen LogP contribution in [0.5, 0.6) is 5.75 Å². The van der Waals surface area contributed by atoms with E-state index in [9.17, 15) is 4.39 Å². The summed E-state index contributed by atoms with van der Waals surface area (Å²) in [5.74, 6) is -0.00885. The molecular formula is C15H17FN2O. The van der Waals surface area contributed by atoms with Gasteiger partial charge in [-0.3, -0.25) is 4.98 Å². The van der Waals surface area contributed by atoms with Crippen LogP contribution in [0.1, 0.15) is 11.1 Å². The summed E-state index contributed by atoms with van der Waals surface area (Å²) in [4.78, 5) is 4.05. The molecule has 19 heavy (non-hydrogen) atoms. The fourth-order valence-corrected chi connectivity index (χ4v) is 1.85. The average molecular weight is 260 g/mol. The first-order valence-electron chi connectivity index (χ1n) is 6.22. The maximum absolute atomic E-state index is 13.8. The molecule has 2 aromatic rings. The highest BCUT2D eigenvalue weighted by molar-refractivity contribution is 5.30. The lowest BCUT2D eigenvalue weighted by Gasteiger charge is -2.08. The number of hydrogen-bond acceptors (Lipinski definition) is 3. The molecule has 0 aliphatic carbocycles. The first-order chi connectivity index (χ1) is 9.31. The van der Waals surface area contributed by atoms with E-state index >= 15 is 0 Å². The third-order valence-electron chi connectivity index (χ3n) is 2.89. The number of pyridine rings is 1. The second kappa shape index (κ2) is 6.85. The van der Waals surface area contributed by atoms with Gasteiger partial charge in [0.1, 0.15) is 0 Å². The summed E-state index contributed by atoms with van der Waals surface area (Å²) >= 11 is 0. The number of nitrogens with one attached hydrogen (secondary N) is 1. The topological polar surface area (TPSA) is 34.1 Å². The van der Waals surface area contributed by atoms with Crippen LogP contribution in [0.15, 0.2) is 42.7 Å². The van der Waals surface area contributed by atoms with Crippen molar-refractivity contribution >= 4 is 0 Å². The molecule has 4 heteroatoms. The molecule has 1 aromatic heterocycles. The van der Waals surface area contributed by atoms with Crippen LogP contribution in [0.25, 0.3) is 0 Å². The third kappa shape index (κ3) is 3.76. The molecule has 0 aliphatic rings. The molecular weight excluding hydrogens is 243 g/mol. The SMILES string of the molecule is COc1cccc(CNCCc2cccnc2)c1F. The second-order valence-corrected chi connectivity index (χ2v) is 4.22. The summed E-state index contributed by atoms with van der Waals surface area (Å²) in [7, 11) is 1.47. The molecule has 100 valence electrons. The Morgan fingerprint density at radius 1 is 1.26 bits per heavy atom. The molecule has 0 amide bonds. The zero-order valence-electron chi connectivity index (χ0n) is 10.9. The van der Waals surface area contributed by atoms with Crippen molar-refractivity contribution in [2.75, 3.05) is 13.7 Å². The lowest BCUT2D eigenvalue weighted by atomic mass is 10.2. The van der Waals surface area contributed by atoms with Crippen LogP contribution in [-0.2, 0) is 13.0 Å². The summed E-state index contributed by atoms with van der Waals surface area (Å²) in [6, 6.07) is 9.11. The molecule has 1 heterocycles. The smallest absolute Gasteiger partial charge is 0.169 e. The van der Waals surface area contributed by atoms with Gasteiger partial charge in [0.2, 0.25) is 0 Å². The minimum atomic E-state index is -0.293. The van der Waals surface area contributed by atoms with Gasteiger partial charge in [-0.05, 0) is 30.7 Å². The molecule has 0 fully saturated rings. The molecule has 2 rings (SSSR count). The number of rotatable bonds is 6. The number of halogens is 1. The summed E-state index contributed by atoms with van der Waals surface area (Å²) in [5, 5.41) is 3.22. The van der Waals surface area contributed by atoms with Crippen LogP contribution < -0.4 is 10.1 Å². The Bertz CT molecular complexity index is 517. The summed E-state index contributed by atoms with van der Waals surface area (Å²) in [5.41, 5.74) is 1.78. The minimum absolute atomic E-state index is 0.284. The van der Waals surface area contributed by atoms with E-state index in [0.717, 1.165) is 13.0 Å². The van der Waals surface area contributed by atoms with Gasteiger partial charge >= 0.3 is 0 Å². The van der Waals surface area contributed by atoms with E-state index in [1.165, 1.54) is 12.7 Å². The van der Waals surface area contributed by atoms with Crippen LogP contribution >= 0.6 is 0 Å². The predicted molar refractivity (Wildman–Crippen MR) is 72.6 cm³/mol. The predicted octanol–water partition coefficient (Wildman–Crippen LogP) is 2.56. The molecule has 3 nitrogen and oxygen atoms in total. The normalized spacial score (nSPS) is 10.4. The van der Waals surface area contributed by atoms with Gasteiger partial charge in [0.05, 0.1) is 7.11 Å². The maximum Gasteiger partial charge on any atom is 0.169 e. The third-order valence-corrected chi connectivity index (χ3v) is 2.89. The largest absolute Gasteiger partial charge is 0.494 e. The number of hydrogen-bond donors (Lipinski definition) is 1. The van der Waals surface area contributed by atoms with Gasteiger partial charge in [0, 0.05) is 24.5 Å². The number of benzene rings is 1. The second-order valence-electron chi connectivity index (χ2n) is 4.22. The highest BCUT2D eigenvalue weighted by atomic mass is 19.1. The Labute approximate surface area is 112 Å². The van der Waals surface area contributed by atoms with Crippen molar-refractivity contribution in [1.82, 2.24) is 10.3 Å². The Hall–Kier alpha value is -1.94. The van der Waals surface area contributed by atoms with E-state index in [4.69, 9.17) is 4.74 Å². The Morgan fingerprint density at radius 3 is 2.89 bits per heavy atom. The van der Waals surface area contributed by atoms with Gasteiger partial charge in [-0.1, -0.05) is 18.2 Å². The van der Waals surface area contributed by atoms with Crippen molar-refractivity contribution in [2.24, 2.45) is 0 Å². The van der Waals surface area contributed by atoms with Crippen molar-refractivity contribution in [3.05, 3.63) is 59.7 Å². The van der Waals surface area contributed by atoms with E-state index in [0.29, 0.717) is 12.1 Å². The zero-order valence-corrected chi connectivity index (χ0v) is 10.9. The molecule has 0 spiro atoms. The Morgan fingerprint density at radius 2 is 2.16 bits per heavy atom. The summed E-state index contributed by atoms with van der Waals surface area (Å²) in [6.45, 7) is 1.27. The van der Waals surface area contributed by atoms with E-state index in [1.807, 2.05) is 18.3 Å². The van der Waals surface area contributed by atoms with Crippen LogP contribution in [0.2, 0.25) is 0 Å². The quantitative estimate of drug-likeness (QED) is 0.811. The molecule has 0 aliphatic heterocycles. The highest BCUT2D eigenvalue weighted by Crippen LogP contribution is 2.19. The van der Waals surface area contributed by atoms with E-state index in [1.54, 1.807) is 24.4 Å². The first kappa shape index (κ1) is 13.5. The number of ether oxygens (including phenoxy) is 1. The molecule has 0 radical (unpaired) electrons. The standard InChI is InChI=1S/C15H17FN2O/c1-19-14-6-2-5-13(15(14)16)11-18-9-7-12-4-3-8-17-10-12/h2-6,8,10,18H,7,9,11H2,1H3. The molecule has 1 aromatic carbocycles. The monoisotopic (exact) mass is 260 g/mol. The van der Waals surface area contributed by atoms with Gasteiger partial charge in [-0.2, -0.15) is 0 Å². The zero-order chi connectivity index (χ0) is 13.5. The van der Waals surface area contributed by atoms with Crippen molar-refractivity contribution < 1.29 is 9.13 Å². The van der Waals surface area contributed by atoms with E-state index in [-0.39, 0.29) is 11.6 Å². The van der Waals surface area contributed by atoms with Crippen molar-refractivity contribution in [3.8, 4) is 5.75 Å². The van der Waals surface area contributed by atoms with Gasteiger partial charge in [-0.25, -0.2) is 4.39 Å². The fraction of sp³-hybridized carbons (Fsp3) is 0.267. The van der Waals surface area contributed by atoms with Crippen molar-refractivity contribution in [2.45, 2.75) is 13.0 Å². The van der Waals surface area contributed by atoms with E-state index in [2.05, 4.69) is 10.3 Å². The van der Waals surface area contributed by atoms with Crippen LogP contribution in [0.3, 0.4) is 0 Å². The Kier molecular flexibility index (Phi) is 4.86. The highest BCUT2D eigenvalue weighted by Gasteiger charge is 2.07. The fourth-order valence-electron chi connectivity index (χ4n) is 1.85. The molecule has 0 saturated heterocycles. The molecule has 1 N–H and O–H groups in total. The molecule has 0 bridgehead atoms. The molecule has 0 unspecified atom stereocenters. The van der Waals surface area contributed by atoms with Crippen molar-refractivity contribution in [1.29, 1.82) is 0 Å². The number of aromatic nitrogens is 1. The van der Waals surface area contributed by atoms with Gasteiger partial charge in [0.15, 0.2) is 11.6 Å². The molecule has 0 atom stereocenters. The average Bonchev–Trinajstić information content (AvgIpc) is 2.46. The van der Waals surface area contributed by atoms with Gasteiger partial charge in [0.25, 0.3) is 0 Å². The minimum Gasteiger partial charge on any atom is -0.494 e. The number of methoxy groups -OCH3 is 1. The van der Waals surface area contributed by atoms with Crippen LogP contribution in [-0.4, -0.2) is 18.6 Å². The van der Waals surface area contributed by atoms with Gasteiger partial charge in [-0.15, -0.1) is 0 Å².